The fraction of sp³-hybridized carbons (Fsp3) is 0.286. The van der Waals surface area contributed by atoms with Crippen LogP contribution in [0, 0.1) is 0 Å². The Balaban J connectivity index is 2.15. The average Bonchev–Trinajstić information content (AvgIpc) is 2.80. The zero-order valence-corrected chi connectivity index (χ0v) is 11.9. The Bertz CT molecular complexity index is 555. The second kappa shape index (κ2) is 7.12. The van der Waals surface area contributed by atoms with E-state index in [-0.39, 0.29) is 12.5 Å². The second-order valence-electron chi connectivity index (χ2n) is 4.07. The molecule has 1 aliphatic heterocycles. The highest BCUT2D eigenvalue weighted by molar-refractivity contribution is 8.18. The van der Waals surface area contributed by atoms with E-state index in [1.165, 1.54) is 11.8 Å². The van der Waals surface area contributed by atoms with Gasteiger partial charge in [0.15, 0.2) is 5.17 Å². The van der Waals surface area contributed by atoms with Crippen LogP contribution in [0.15, 0.2) is 34.2 Å². The van der Waals surface area contributed by atoms with Gasteiger partial charge in [-0.2, -0.15) is 0 Å². The van der Waals surface area contributed by atoms with Crippen molar-refractivity contribution in [1.82, 2.24) is 5.32 Å². The molecule has 20 heavy (non-hydrogen) atoms. The summed E-state index contributed by atoms with van der Waals surface area (Å²) >= 11 is 1.30. The first-order chi connectivity index (χ1) is 9.74. The Hall–Kier alpha value is -1.79. The molecule has 0 bridgehead atoms. The fourth-order valence-electron chi connectivity index (χ4n) is 1.68. The van der Waals surface area contributed by atoms with Crippen LogP contribution in [0.25, 0.3) is 6.08 Å². The number of nitrogens with one attached hydrogen (secondary N) is 1. The lowest BCUT2D eigenvalue weighted by molar-refractivity contribution is -0.115. The summed E-state index contributed by atoms with van der Waals surface area (Å²) in [5, 5.41) is 12.0. The molecule has 0 atom stereocenters. The van der Waals surface area contributed by atoms with Crippen LogP contribution in [-0.2, 0) is 4.79 Å². The first-order valence-corrected chi connectivity index (χ1v) is 7.05. The highest BCUT2D eigenvalue weighted by Gasteiger charge is 2.23. The second-order valence-corrected chi connectivity index (χ2v) is 5.10. The highest BCUT2D eigenvalue weighted by Crippen LogP contribution is 2.29. The maximum atomic E-state index is 11.9. The van der Waals surface area contributed by atoms with Crippen LogP contribution in [0.1, 0.15) is 12.0 Å². The number of para-hydroxylation sites is 1. The van der Waals surface area contributed by atoms with Gasteiger partial charge in [0.25, 0.3) is 5.91 Å². The quantitative estimate of drug-likeness (QED) is 0.639. The van der Waals surface area contributed by atoms with E-state index in [9.17, 15) is 4.79 Å². The molecular formula is C14H16N2O3S. The molecule has 1 fully saturated rings. The number of benzene rings is 1. The molecule has 1 amide bonds. The average molecular weight is 292 g/mol. The summed E-state index contributed by atoms with van der Waals surface area (Å²) in [6, 6.07) is 7.51. The maximum absolute atomic E-state index is 11.9. The largest absolute Gasteiger partial charge is 0.496 e. The number of thioether (sulfide) groups is 1. The van der Waals surface area contributed by atoms with Crippen molar-refractivity contribution in [3.05, 3.63) is 34.7 Å². The number of methoxy groups -OCH3 is 1. The van der Waals surface area contributed by atoms with Gasteiger partial charge in [-0.25, -0.2) is 0 Å². The number of aliphatic hydroxyl groups excluding tert-OH is 1. The molecule has 2 N–H and O–H groups in total. The van der Waals surface area contributed by atoms with Gasteiger partial charge in [-0.15, -0.1) is 0 Å². The standard InChI is InChI=1S/C14H16N2O3S/c1-19-11-6-3-2-5-10(11)9-12-13(18)16-14(20-12)15-7-4-8-17/h2-3,5-6,9,17H,4,7-8H2,1H3,(H,15,16,18)/b12-9-. The number of amides is 1. The van der Waals surface area contributed by atoms with Gasteiger partial charge in [0, 0.05) is 18.7 Å². The van der Waals surface area contributed by atoms with Crippen LogP contribution in [-0.4, -0.2) is 36.4 Å². The molecule has 1 aromatic rings. The molecule has 0 saturated carbocycles. The minimum absolute atomic E-state index is 0.0965. The fourth-order valence-corrected chi connectivity index (χ4v) is 2.52. The Morgan fingerprint density at radius 1 is 1.45 bits per heavy atom. The van der Waals surface area contributed by atoms with Crippen LogP contribution < -0.4 is 10.1 Å². The van der Waals surface area contributed by atoms with Gasteiger partial charge >= 0.3 is 0 Å². The number of aliphatic imine (C=N–C) groups is 1. The molecular weight excluding hydrogens is 276 g/mol. The summed E-state index contributed by atoms with van der Waals surface area (Å²) in [6.07, 6.45) is 2.37. The van der Waals surface area contributed by atoms with Crippen molar-refractivity contribution in [2.45, 2.75) is 6.42 Å². The summed E-state index contributed by atoms with van der Waals surface area (Å²) in [4.78, 5) is 16.6. The van der Waals surface area contributed by atoms with E-state index < -0.39 is 0 Å². The monoisotopic (exact) mass is 292 g/mol. The molecule has 0 unspecified atom stereocenters. The zero-order valence-electron chi connectivity index (χ0n) is 11.1. The molecule has 106 valence electrons. The maximum Gasteiger partial charge on any atom is 0.264 e. The third kappa shape index (κ3) is 3.61. The summed E-state index contributed by atoms with van der Waals surface area (Å²) < 4.78 is 5.25. The number of nitrogens with zero attached hydrogens (tertiary/aromatic N) is 1. The Morgan fingerprint density at radius 2 is 2.25 bits per heavy atom. The normalized spacial score (nSPS) is 18.6. The van der Waals surface area contributed by atoms with Gasteiger partial charge in [-0.3, -0.25) is 9.79 Å². The van der Waals surface area contributed by atoms with Gasteiger partial charge in [0.2, 0.25) is 0 Å². The molecule has 1 heterocycles. The van der Waals surface area contributed by atoms with Crippen molar-refractivity contribution in [3.8, 4) is 5.75 Å². The number of ether oxygens (including phenoxy) is 1. The first-order valence-electron chi connectivity index (χ1n) is 6.24. The summed E-state index contributed by atoms with van der Waals surface area (Å²) in [5.41, 5.74) is 0.851. The van der Waals surface area contributed by atoms with Gasteiger partial charge in [0.05, 0.1) is 12.0 Å². The van der Waals surface area contributed by atoms with Gasteiger partial charge < -0.3 is 15.2 Å². The molecule has 1 aromatic carbocycles. The van der Waals surface area contributed by atoms with E-state index in [4.69, 9.17) is 9.84 Å². The third-order valence-corrected chi connectivity index (χ3v) is 3.60. The lowest BCUT2D eigenvalue weighted by Gasteiger charge is -2.03. The minimum atomic E-state index is -0.163. The summed E-state index contributed by atoms with van der Waals surface area (Å²) in [6.45, 7) is 0.598. The predicted molar refractivity (Wildman–Crippen MR) is 80.7 cm³/mol. The Kier molecular flexibility index (Phi) is 5.20. The molecule has 0 aliphatic carbocycles. The van der Waals surface area contributed by atoms with Crippen LogP contribution in [0.4, 0.5) is 0 Å². The van der Waals surface area contributed by atoms with Crippen molar-refractivity contribution < 1.29 is 14.6 Å². The number of carbonyl (C=O) groups excluding carboxylic acids is 1. The lowest BCUT2D eigenvalue weighted by Crippen LogP contribution is -2.20. The predicted octanol–water partition coefficient (Wildman–Crippen LogP) is 1.64. The van der Waals surface area contributed by atoms with Crippen LogP contribution in [0.3, 0.4) is 0 Å². The topological polar surface area (TPSA) is 70.9 Å². The zero-order chi connectivity index (χ0) is 14.4. The van der Waals surface area contributed by atoms with Crippen LogP contribution in [0.2, 0.25) is 0 Å². The highest BCUT2D eigenvalue weighted by atomic mass is 32.2. The number of hydrogen-bond acceptors (Lipinski definition) is 5. The number of carbonyl (C=O) groups is 1. The SMILES string of the molecule is COc1ccccc1/C=C1\SC(=NCCCO)NC1=O. The molecule has 2 rings (SSSR count). The molecule has 1 saturated heterocycles. The van der Waals surface area contributed by atoms with E-state index in [2.05, 4.69) is 10.3 Å². The third-order valence-electron chi connectivity index (χ3n) is 2.65. The number of hydrogen-bond donors (Lipinski definition) is 2. The minimum Gasteiger partial charge on any atom is -0.496 e. The Morgan fingerprint density at radius 3 is 3.00 bits per heavy atom. The molecule has 1 aliphatic rings. The number of amidine groups is 1. The summed E-state index contributed by atoms with van der Waals surface area (Å²) in [7, 11) is 1.60. The molecule has 0 radical (unpaired) electrons. The van der Waals surface area contributed by atoms with E-state index >= 15 is 0 Å². The van der Waals surface area contributed by atoms with Crippen molar-refractivity contribution >= 4 is 28.9 Å². The van der Waals surface area contributed by atoms with Gasteiger partial charge in [-0.1, -0.05) is 18.2 Å². The van der Waals surface area contributed by atoms with E-state index in [0.717, 1.165) is 11.3 Å². The molecule has 6 heteroatoms. The number of aliphatic hydroxyl groups is 1. The van der Waals surface area contributed by atoms with Gasteiger partial charge in [0.1, 0.15) is 5.75 Å². The number of rotatable bonds is 5. The lowest BCUT2D eigenvalue weighted by atomic mass is 10.2. The van der Waals surface area contributed by atoms with E-state index in [1.807, 2.05) is 24.3 Å². The van der Waals surface area contributed by atoms with E-state index in [1.54, 1.807) is 13.2 Å². The molecule has 0 spiro atoms. The smallest absolute Gasteiger partial charge is 0.264 e. The van der Waals surface area contributed by atoms with Crippen LogP contribution in [0.5, 0.6) is 5.75 Å². The van der Waals surface area contributed by atoms with Crippen molar-refractivity contribution in [3.63, 3.8) is 0 Å². The molecule has 5 nitrogen and oxygen atoms in total. The summed E-state index contributed by atoms with van der Waals surface area (Å²) in [5.74, 6) is 0.558. The van der Waals surface area contributed by atoms with E-state index in [0.29, 0.717) is 23.0 Å². The van der Waals surface area contributed by atoms with Crippen molar-refractivity contribution in [1.29, 1.82) is 0 Å². The van der Waals surface area contributed by atoms with Crippen molar-refractivity contribution in [2.75, 3.05) is 20.3 Å². The van der Waals surface area contributed by atoms with Crippen LogP contribution >= 0.6 is 11.8 Å². The Labute approximate surface area is 121 Å². The molecule has 0 aromatic heterocycles. The first kappa shape index (κ1) is 14.6. The van der Waals surface area contributed by atoms with Gasteiger partial charge in [-0.05, 0) is 30.3 Å². The van der Waals surface area contributed by atoms with Crippen molar-refractivity contribution in [2.24, 2.45) is 4.99 Å².